The van der Waals surface area contributed by atoms with Gasteiger partial charge in [-0.25, -0.2) is 0 Å². The smallest absolute Gasteiger partial charge is 0.325 e. The molecule has 2 N–H and O–H groups in total. The first-order valence-electron chi connectivity index (χ1n) is 4.50. The van der Waals surface area contributed by atoms with E-state index in [-0.39, 0.29) is 12.3 Å². The minimum Gasteiger partial charge on any atom is -0.480 e. The summed E-state index contributed by atoms with van der Waals surface area (Å²) in [5, 5.41) is 10.9. The highest BCUT2D eigenvalue weighted by molar-refractivity contribution is 5.84. The average Bonchev–Trinajstić information content (AvgIpc) is 2.18. The van der Waals surface area contributed by atoms with Crippen LogP contribution in [-0.4, -0.2) is 28.0 Å². The van der Waals surface area contributed by atoms with Crippen LogP contribution in [0.15, 0.2) is 24.5 Å². The molecule has 80 valence electrons. The van der Waals surface area contributed by atoms with Gasteiger partial charge in [-0.2, -0.15) is 0 Å². The van der Waals surface area contributed by atoms with Crippen molar-refractivity contribution < 1.29 is 14.7 Å². The number of hydrogen-bond donors (Lipinski definition) is 2. The van der Waals surface area contributed by atoms with Crippen molar-refractivity contribution in [1.82, 2.24) is 10.3 Å². The predicted octanol–water partition coefficient (Wildman–Crippen LogP) is 0.213. The van der Waals surface area contributed by atoms with Gasteiger partial charge in [0.2, 0.25) is 5.91 Å². The van der Waals surface area contributed by atoms with Gasteiger partial charge < -0.3 is 10.4 Å². The molecule has 0 aliphatic heterocycles. The van der Waals surface area contributed by atoms with Crippen LogP contribution in [-0.2, 0) is 16.0 Å². The van der Waals surface area contributed by atoms with Crippen molar-refractivity contribution in [1.29, 1.82) is 0 Å². The lowest BCUT2D eigenvalue weighted by molar-refractivity contribution is -0.141. The fraction of sp³-hybridized carbons (Fsp3) is 0.300. The molecule has 1 aromatic heterocycles. The van der Waals surface area contributed by atoms with Crippen LogP contribution < -0.4 is 5.32 Å². The Morgan fingerprint density at radius 2 is 2.33 bits per heavy atom. The molecule has 5 nitrogen and oxygen atoms in total. The molecule has 0 radical (unpaired) electrons. The number of carboxylic acids is 1. The molecule has 0 saturated carbocycles. The van der Waals surface area contributed by atoms with Crippen molar-refractivity contribution in [2.24, 2.45) is 0 Å². The molecule has 0 aliphatic rings. The zero-order valence-corrected chi connectivity index (χ0v) is 8.30. The van der Waals surface area contributed by atoms with Gasteiger partial charge in [-0.3, -0.25) is 14.6 Å². The van der Waals surface area contributed by atoms with Gasteiger partial charge in [-0.1, -0.05) is 6.07 Å². The number of carboxylic acid groups (broad SMARTS) is 1. The minimum absolute atomic E-state index is 0.144. The summed E-state index contributed by atoms with van der Waals surface area (Å²) >= 11 is 0. The number of carbonyl (C=O) groups excluding carboxylic acids is 1. The highest BCUT2D eigenvalue weighted by Gasteiger charge is 2.13. The van der Waals surface area contributed by atoms with Crippen molar-refractivity contribution in [2.75, 3.05) is 0 Å². The van der Waals surface area contributed by atoms with Gasteiger partial charge in [-0.05, 0) is 18.6 Å². The van der Waals surface area contributed by atoms with Gasteiger partial charge in [0.1, 0.15) is 6.04 Å². The molecule has 1 atom stereocenters. The number of hydrogen-bond acceptors (Lipinski definition) is 3. The van der Waals surface area contributed by atoms with E-state index in [1.807, 2.05) is 0 Å². The molecule has 0 bridgehead atoms. The molecule has 0 fully saturated rings. The summed E-state index contributed by atoms with van der Waals surface area (Å²) in [7, 11) is 0. The molecule has 0 aromatic carbocycles. The third-order valence-corrected chi connectivity index (χ3v) is 1.84. The van der Waals surface area contributed by atoms with Gasteiger partial charge in [0, 0.05) is 12.4 Å². The molecule has 5 heteroatoms. The van der Waals surface area contributed by atoms with E-state index in [2.05, 4.69) is 10.3 Å². The van der Waals surface area contributed by atoms with Gasteiger partial charge >= 0.3 is 5.97 Å². The van der Waals surface area contributed by atoms with Crippen molar-refractivity contribution in [3.05, 3.63) is 30.1 Å². The first-order valence-corrected chi connectivity index (χ1v) is 4.50. The summed E-state index contributed by atoms with van der Waals surface area (Å²) in [6.07, 6.45) is 3.33. The monoisotopic (exact) mass is 208 g/mol. The van der Waals surface area contributed by atoms with E-state index in [0.717, 1.165) is 5.56 Å². The maximum absolute atomic E-state index is 11.3. The topological polar surface area (TPSA) is 79.3 Å². The Morgan fingerprint density at radius 3 is 2.87 bits per heavy atom. The summed E-state index contributed by atoms with van der Waals surface area (Å²) in [6, 6.07) is 2.62. The Kier molecular flexibility index (Phi) is 3.79. The van der Waals surface area contributed by atoms with Crippen molar-refractivity contribution >= 4 is 11.9 Å². The Bertz CT molecular complexity index is 351. The number of aromatic nitrogens is 1. The Hall–Kier alpha value is -1.91. The Balaban J connectivity index is 2.47. The number of rotatable bonds is 4. The number of aliphatic carboxylic acids is 1. The third-order valence-electron chi connectivity index (χ3n) is 1.84. The van der Waals surface area contributed by atoms with Crippen LogP contribution in [0.4, 0.5) is 0 Å². The normalized spacial score (nSPS) is 11.8. The van der Waals surface area contributed by atoms with Crippen molar-refractivity contribution in [3.8, 4) is 0 Å². The van der Waals surface area contributed by atoms with Crippen LogP contribution in [0.25, 0.3) is 0 Å². The second-order valence-corrected chi connectivity index (χ2v) is 3.17. The number of carbonyl (C=O) groups is 2. The maximum Gasteiger partial charge on any atom is 0.325 e. The zero-order chi connectivity index (χ0) is 11.3. The van der Waals surface area contributed by atoms with Crippen molar-refractivity contribution in [3.63, 3.8) is 0 Å². The van der Waals surface area contributed by atoms with E-state index < -0.39 is 12.0 Å². The highest BCUT2D eigenvalue weighted by atomic mass is 16.4. The second-order valence-electron chi connectivity index (χ2n) is 3.17. The van der Waals surface area contributed by atoms with Crippen LogP contribution in [0.5, 0.6) is 0 Å². The van der Waals surface area contributed by atoms with E-state index in [1.165, 1.54) is 6.92 Å². The molecule has 0 spiro atoms. The number of pyridine rings is 1. The molecular formula is C10H12N2O3. The van der Waals surface area contributed by atoms with Crippen LogP contribution in [0, 0.1) is 0 Å². The molecule has 0 saturated heterocycles. The summed E-state index contributed by atoms with van der Waals surface area (Å²) in [5.74, 6) is -1.37. The van der Waals surface area contributed by atoms with Crippen LogP contribution in [0.2, 0.25) is 0 Å². The standard InChI is InChI=1S/C10H12N2O3/c1-7(10(14)15)12-9(13)5-8-3-2-4-11-6-8/h2-4,6-7H,5H2,1H3,(H,12,13)(H,14,15). The van der Waals surface area contributed by atoms with Gasteiger partial charge in [-0.15, -0.1) is 0 Å². The van der Waals surface area contributed by atoms with E-state index in [9.17, 15) is 9.59 Å². The van der Waals surface area contributed by atoms with Crippen molar-refractivity contribution in [2.45, 2.75) is 19.4 Å². The Labute approximate surface area is 87.1 Å². The van der Waals surface area contributed by atoms with E-state index in [4.69, 9.17) is 5.11 Å². The average molecular weight is 208 g/mol. The van der Waals surface area contributed by atoms with Gasteiger partial charge in [0.25, 0.3) is 0 Å². The lowest BCUT2D eigenvalue weighted by Gasteiger charge is -2.08. The summed E-state index contributed by atoms with van der Waals surface area (Å²) in [6.45, 7) is 1.42. The quantitative estimate of drug-likeness (QED) is 0.741. The molecule has 1 rings (SSSR count). The highest BCUT2D eigenvalue weighted by Crippen LogP contribution is 1.97. The molecule has 15 heavy (non-hydrogen) atoms. The fourth-order valence-corrected chi connectivity index (χ4v) is 1.04. The van der Waals surface area contributed by atoms with E-state index in [0.29, 0.717) is 0 Å². The summed E-state index contributed by atoms with van der Waals surface area (Å²) in [5.41, 5.74) is 0.757. The number of nitrogens with zero attached hydrogens (tertiary/aromatic N) is 1. The maximum atomic E-state index is 11.3. The third kappa shape index (κ3) is 3.76. The summed E-state index contributed by atoms with van der Waals surface area (Å²) in [4.78, 5) is 25.6. The molecule has 1 amide bonds. The Morgan fingerprint density at radius 1 is 1.60 bits per heavy atom. The zero-order valence-electron chi connectivity index (χ0n) is 8.30. The SMILES string of the molecule is CC(NC(=O)Cc1cccnc1)C(=O)O. The first kappa shape index (κ1) is 11.2. The van der Waals surface area contributed by atoms with E-state index in [1.54, 1.807) is 24.5 Å². The predicted molar refractivity (Wildman–Crippen MR) is 53.2 cm³/mol. The number of amides is 1. The van der Waals surface area contributed by atoms with Crippen LogP contribution >= 0.6 is 0 Å². The second kappa shape index (κ2) is 5.09. The largest absolute Gasteiger partial charge is 0.480 e. The van der Waals surface area contributed by atoms with Crippen LogP contribution in [0.1, 0.15) is 12.5 Å². The first-order chi connectivity index (χ1) is 7.09. The molecular weight excluding hydrogens is 196 g/mol. The molecule has 1 heterocycles. The van der Waals surface area contributed by atoms with Gasteiger partial charge in [0.05, 0.1) is 6.42 Å². The molecule has 1 aromatic rings. The molecule has 1 unspecified atom stereocenters. The lowest BCUT2D eigenvalue weighted by atomic mass is 10.2. The van der Waals surface area contributed by atoms with Gasteiger partial charge in [0.15, 0.2) is 0 Å². The fourth-order valence-electron chi connectivity index (χ4n) is 1.04. The number of nitrogens with one attached hydrogen (secondary N) is 1. The van der Waals surface area contributed by atoms with E-state index >= 15 is 0 Å². The minimum atomic E-state index is -1.05. The molecule has 0 aliphatic carbocycles. The summed E-state index contributed by atoms with van der Waals surface area (Å²) < 4.78 is 0. The van der Waals surface area contributed by atoms with Crippen LogP contribution in [0.3, 0.4) is 0 Å². The lowest BCUT2D eigenvalue weighted by Crippen LogP contribution is -2.39.